The van der Waals surface area contributed by atoms with Gasteiger partial charge in [-0.3, -0.25) is 4.79 Å². The second-order valence-corrected chi connectivity index (χ2v) is 4.00. The van der Waals surface area contributed by atoms with Crippen molar-refractivity contribution in [1.82, 2.24) is 9.88 Å². The summed E-state index contributed by atoms with van der Waals surface area (Å²) in [5.74, 6) is 0. The van der Waals surface area contributed by atoms with Crippen molar-refractivity contribution < 1.29 is 9.47 Å². The molecular weight excluding hydrogens is 220 g/mol. The summed E-state index contributed by atoms with van der Waals surface area (Å²) >= 11 is 0. The second kappa shape index (κ2) is 6.54. The van der Waals surface area contributed by atoms with Gasteiger partial charge >= 0.3 is 0 Å². The molecule has 5 heteroatoms. The van der Waals surface area contributed by atoms with Gasteiger partial charge < -0.3 is 19.4 Å². The van der Waals surface area contributed by atoms with Crippen molar-refractivity contribution >= 4 is 0 Å². The van der Waals surface area contributed by atoms with Crippen LogP contribution < -0.4 is 10.9 Å². The quantitative estimate of drug-likeness (QED) is 0.725. The summed E-state index contributed by atoms with van der Waals surface area (Å²) in [5.41, 5.74) is 0.00619. The van der Waals surface area contributed by atoms with Gasteiger partial charge in [0.25, 0.3) is 5.56 Å². The van der Waals surface area contributed by atoms with E-state index in [-0.39, 0.29) is 11.7 Å². The molecule has 0 spiro atoms. The van der Waals surface area contributed by atoms with Crippen LogP contribution in [0.3, 0.4) is 0 Å². The third-order valence-electron chi connectivity index (χ3n) is 2.68. The molecule has 0 amide bonds. The predicted octanol–water partition coefficient (Wildman–Crippen LogP) is -0.147. The molecule has 94 valence electrons. The lowest BCUT2D eigenvalue weighted by Gasteiger charge is -2.23. The van der Waals surface area contributed by atoms with E-state index in [0.717, 1.165) is 19.7 Å². The fraction of sp³-hybridized carbons (Fsp3) is 0.583. The Labute approximate surface area is 100 Å². The lowest BCUT2D eigenvalue weighted by atomic mass is 10.3. The van der Waals surface area contributed by atoms with Gasteiger partial charge in [0.05, 0.1) is 25.9 Å². The molecule has 1 aromatic rings. The molecule has 1 saturated heterocycles. The normalized spacial score (nSPS) is 20.4. The van der Waals surface area contributed by atoms with Crippen LogP contribution in [0.1, 0.15) is 0 Å². The van der Waals surface area contributed by atoms with Gasteiger partial charge in [-0.05, 0) is 6.07 Å². The Bertz CT molecular complexity index is 385. The molecule has 1 aromatic heterocycles. The molecule has 1 fully saturated rings. The van der Waals surface area contributed by atoms with Crippen LogP contribution in [-0.2, 0) is 16.0 Å². The first kappa shape index (κ1) is 12.3. The van der Waals surface area contributed by atoms with Gasteiger partial charge in [0.15, 0.2) is 0 Å². The molecule has 0 saturated carbocycles. The van der Waals surface area contributed by atoms with Crippen molar-refractivity contribution in [2.24, 2.45) is 0 Å². The molecule has 0 radical (unpaired) electrons. The third kappa shape index (κ3) is 3.96. The molecule has 2 heterocycles. The number of pyridine rings is 1. The van der Waals surface area contributed by atoms with E-state index >= 15 is 0 Å². The predicted molar refractivity (Wildman–Crippen MR) is 64.1 cm³/mol. The van der Waals surface area contributed by atoms with Crippen LogP contribution in [0.4, 0.5) is 0 Å². The van der Waals surface area contributed by atoms with Crippen LogP contribution in [0.15, 0.2) is 29.2 Å². The van der Waals surface area contributed by atoms with E-state index in [1.807, 2.05) is 6.07 Å². The van der Waals surface area contributed by atoms with Gasteiger partial charge in [0.2, 0.25) is 0 Å². The Morgan fingerprint density at radius 1 is 1.53 bits per heavy atom. The van der Waals surface area contributed by atoms with E-state index in [0.29, 0.717) is 19.8 Å². The molecule has 1 unspecified atom stereocenters. The highest BCUT2D eigenvalue weighted by atomic mass is 16.5. The largest absolute Gasteiger partial charge is 0.377 e. The highest BCUT2D eigenvalue weighted by molar-refractivity contribution is 4.92. The Morgan fingerprint density at radius 2 is 2.47 bits per heavy atom. The van der Waals surface area contributed by atoms with Crippen LogP contribution in [0.2, 0.25) is 0 Å². The average Bonchev–Trinajstić information content (AvgIpc) is 2.38. The van der Waals surface area contributed by atoms with Gasteiger partial charge in [-0.25, -0.2) is 0 Å². The minimum Gasteiger partial charge on any atom is -0.377 e. The first-order valence-electron chi connectivity index (χ1n) is 5.92. The minimum atomic E-state index is 0.00619. The van der Waals surface area contributed by atoms with E-state index in [9.17, 15) is 4.79 Å². The lowest BCUT2D eigenvalue weighted by Crippen LogP contribution is -2.41. The number of rotatable bonds is 5. The monoisotopic (exact) mass is 238 g/mol. The average molecular weight is 238 g/mol. The molecular formula is C12H18N2O3. The van der Waals surface area contributed by atoms with Crippen molar-refractivity contribution in [3.63, 3.8) is 0 Å². The van der Waals surface area contributed by atoms with Crippen molar-refractivity contribution in [2.45, 2.75) is 12.6 Å². The maximum absolute atomic E-state index is 11.4. The fourth-order valence-corrected chi connectivity index (χ4v) is 1.75. The van der Waals surface area contributed by atoms with Gasteiger partial charge in [0.1, 0.15) is 0 Å². The standard InChI is InChI=1S/C12H18N2O3/c15-12-3-1-2-5-14(12)6-8-16-10-11-9-13-4-7-17-11/h1-3,5,11,13H,4,6-10H2. The molecule has 17 heavy (non-hydrogen) atoms. The Hall–Kier alpha value is -1.17. The van der Waals surface area contributed by atoms with E-state index in [4.69, 9.17) is 9.47 Å². The highest BCUT2D eigenvalue weighted by Crippen LogP contribution is 1.96. The molecule has 1 aliphatic heterocycles. The number of morpholine rings is 1. The number of aromatic nitrogens is 1. The molecule has 1 atom stereocenters. The summed E-state index contributed by atoms with van der Waals surface area (Å²) in [4.78, 5) is 11.4. The number of nitrogens with zero attached hydrogens (tertiary/aromatic N) is 1. The van der Waals surface area contributed by atoms with Crippen LogP contribution in [0.25, 0.3) is 0 Å². The van der Waals surface area contributed by atoms with Gasteiger partial charge in [0, 0.05) is 31.9 Å². The lowest BCUT2D eigenvalue weighted by molar-refractivity contribution is -0.0327. The van der Waals surface area contributed by atoms with E-state index in [1.54, 1.807) is 22.9 Å². The first-order chi connectivity index (χ1) is 8.36. The van der Waals surface area contributed by atoms with Gasteiger partial charge in [-0.15, -0.1) is 0 Å². The Balaban J connectivity index is 1.66. The van der Waals surface area contributed by atoms with Crippen molar-refractivity contribution in [3.8, 4) is 0 Å². The molecule has 0 aromatic carbocycles. The van der Waals surface area contributed by atoms with E-state index < -0.39 is 0 Å². The van der Waals surface area contributed by atoms with Gasteiger partial charge in [-0.2, -0.15) is 0 Å². The zero-order valence-corrected chi connectivity index (χ0v) is 9.80. The molecule has 2 rings (SSSR count). The van der Waals surface area contributed by atoms with E-state index in [2.05, 4.69) is 5.32 Å². The number of hydrogen-bond donors (Lipinski definition) is 1. The SMILES string of the molecule is O=c1ccccn1CCOCC1CNCCO1. The fourth-order valence-electron chi connectivity index (χ4n) is 1.75. The summed E-state index contributed by atoms with van der Waals surface area (Å²) in [6.45, 7) is 4.19. The van der Waals surface area contributed by atoms with Crippen molar-refractivity contribution in [2.75, 3.05) is 32.9 Å². The summed E-state index contributed by atoms with van der Waals surface area (Å²) in [6.07, 6.45) is 1.90. The minimum absolute atomic E-state index is 0.00619. The number of nitrogens with one attached hydrogen (secondary N) is 1. The molecule has 1 aliphatic rings. The van der Waals surface area contributed by atoms with Crippen LogP contribution in [0.5, 0.6) is 0 Å². The summed E-state index contributed by atoms with van der Waals surface area (Å²) < 4.78 is 12.6. The van der Waals surface area contributed by atoms with Crippen LogP contribution in [0, 0.1) is 0 Å². The molecule has 1 N–H and O–H groups in total. The molecule has 0 bridgehead atoms. The van der Waals surface area contributed by atoms with Gasteiger partial charge in [-0.1, -0.05) is 6.07 Å². The Morgan fingerprint density at radius 3 is 3.24 bits per heavy atom. The summed E-state index contributed by atoms with van der Waals surface area (Å²) in [6, 6.07) is 5.13. The Kier molecular flexibility index (Phi) is 4.73. The number of ether oxygens (including phenoxy) is 2. The third-order valence-corrected chi connectivity index (χ3v) is 2.68. The number of hydrogen-bond acceptors (Lipinski definition) is 4. The van der Waals surface area contributed by atoms with Crippen molar-refractivity contribution in [1.29, 1.82) is 0 Å². The van der Waals surface area contributed by atoms with Crippen LogP contribution >= 0.6 is 0 Å². The zero-order valence-electron chi connectivity index (χ0n) is 9.80. The first-order valence-corrected chi connectivity index (χ1v) is 5.92. The molecule has 5 nitrogen and oxygen atoms in total. The maximum Gasteiger partial charge on any atom is 0.250 e. The summed E-state index contributed by atoms with van der Waals surface area (Å²) in [7, 11) is 0. The summed E-state index contributed by atoms with van der Waals surface area (Å²) in [5, 5.41) is 3.24. The second-order valence-electron chi connectivity index (χ2n) is 4.00. The van der Waals surface area contributed by atoms with E-state index in [1.165, 1.54) is 0 Å². The topological polar surface area (TPSA) is 52.5 Å². The smallest absolute Gasteiger partial charge is 0.250 e. The zero-order chi connectivity index (χ0) is 11.9. The molecule has 0 aliphatic carbocycles. The van der Waals surface area contributed by atoms with Crippen molar-refractivity contribution in [3.05, 3.63) is 34.7 Å². The van der Waals surface area contributed by atoms with Crippen LogP contribution in [-0.4, -0.2) is 43.6 Å². The highest BCUT2D eigenvalue weighted by Gasteiger charge is 2.12. The maximum atomic E-state index is 11.4.